The third-order valence-electron chi connectivity index (χ3n) is 5.71. The van der Waals surface area contributed by atoms with Gasteiger partial charge in [-0.05, 0) is 73.6 Å². The Balaban J connectivity index is 0.000000241. The number of hydrogen-bond acceptors (Lipinski definition) is 2. The first-order valence-electron chi connectivity index (χ1n) is 11.0. The quantitative estimate of drug-likeness (QED) is 0.457. The summed E-state index contributed by atoms with van der Waals surface area (Å²) < 4.78 is 12.5. The molecule has 1 fully saturated rings. The lowest BCUT2D eigenvalue weighted by Crippen LogP contribution is -2.25. The summed E-state index contributed by atoms with van der Waals surface area (Å²) in [5, 5.41) is 9.65. The molecule has 3 nitrogen and oxygen atoms in total. The molecule has 1 amide bonds. The molecule has 0 N–H and O–H groups in total. The maximum atomic E-state index is 12.5. The van der Waals surface area contributed by atoms with Crippen LogP contribution in [0.3, 0.4) is 0 Å². The van der Waals surface area contributed by atoms with E-state index in [1.807, 2.05) is 30.9 Å². The van der Waals surface area contributed by atoms with Gasteiger partial charge in [-0.25, -0.2) is 4.39 Å². The van der Waals surface area contributed by atoms with Gasteiger partial charge in [0.25, 0.3) is 0 Å². The van der Waals surface area contributed by atoms with Gasteiger partial charge in [0.1, 0.15) is 11.9 Å². The summed E-state index contributed by atoms with van der Waals surface area (Å²) in [4.78, 5) is 13.3. The standard InChI is InChI=1S/C10H19NO.C8H8ClF.C8H6ClN/c1-4-8(3)9-6-10(12)11(5-2)7-9;1-2-6-5-7(10)3-4-8(6)9;1-6-2-3-7(5-10)8(9)4-6/h8-9H,4-7H2,1-3H3;3-5H,2H2,1H3;2-4H,1H3. The first kappa shape index (κ1) is 27.9. The Morgan fingerprint density at radius 3 is 2.31 bits per heavy atom. The van der Waals surface area contributed by atoms with Gasteiger partial charge in [-0.3, -0.25) is 4.79 Å². The van der Waals surface area contributed by atoms with E-state index in [4.69, 9.17) is 28.5 Å². The Bertz CT molecular complexity index is 918. The lowest BCUT2D eigenvalue weighted by atomic mass is 9.91. The minimum atomic E-state index is -0.221. The zero-order chi connectivity index (χ0) is 24.3. The summed E-state index contributed by atoms with van der Waals surface area (Å²) in [7, 11) is 0. The van der Waals surface area contributed by atoms with Crippen molar-refractivity contribution < 1.29 is 9.18 Å². The second kappa shape index (κ2) is 14.1. The number of nitrogens with zero attached hydrogens (tertiary/aromatic N) is 2. The fraction of sp³-hybridized carbons (Fsp3) is 0.462. The van der Waals surface area contributed by atoms with E-state index in [9.17, 15) is 9.18 Å². The number of rotatable bonds is 4. The summed E-state index contributed by atoms with van der Waals surface area (Å²) in [6.07, 6.45) is 2.74. The number of nitriles is 1. The summed E-state index contributed by atoms with van der Waals surface area (Å²) in [5.41, 5.74) is 2.47. The average molecular weight is 479 g/mol. The topological polar surface area (TPSA) is 44.1 Å². The van der Waals surface area contributed by atoms with Crippen molar-refractivity contribution in [3.63, 3.8) is 0 Å². The Kier molecular flexibility index (Phi) is 12.3. The first-order chi connectivity index (χ1) is 15.2. The highest BCUT2D eigenvalue weighted by molar-refractivity contribution is 6.31. The van der Waals surface area contributed by atoms with Crippen LogP contribution < -0.4 is 0 Å². The van der Waals surface area contributed by atoms with Crippen LogP contribution in [0.25, 0.3) is 0 Å². The van der Waals surface area contributed by atoms with E-state index in [2.05, 4.69) is 20.8 Å². The van der Waals surface area contributed by atoms with Gasteiger partial charge in [-0.15, -0.1) is 0 Å². The number of halogens is 3. The minimum absolute atomic E-state index is 0.221. The largest absolute Gasteiger partial charge is 0.343 e. The smallest absolute Gasteiger partial charge is 0.222 e. The molecule has 174 valence electrons. The van der Waals surface area contributed by atoms with Gasteiger partial charge in [0.2, 0.25) is 5.91 Å². The molecule has 2 atom stereocenters. The maximum Gasteiger partial charge on any atom is 0.222 e. The van der Waals surface area contributed by atoms with Crippen LogP contribution in [0, 0.1) is 35.9 Å². The number of carbonyl (C=O) groups excluding carboxylic acids is 1. The third kappa shape index (κ3) is 8.81. The lowest BCUT2D eigenvalue weighted by molar-refractivity contribution is -0.127. The van der Waals surface area contributed by atoms with E-state index >= 15 is 0 Å². The number of aryl methyl sites for hydroxylation is 2. The molecule has 2 aromatic rings. The fourth-order valence-electron chi connectivity index (χ4n) is 3.35. The van der Waals surface area contributed by atoms with Gasteiger partial charge in [0.15, 0.2) is 0 Å². The predicted molar refractivity (Wildman–Crippen MR) is 132 cm³/mol. The van der Waals surface area contributed by atoms with E-state index in [1.54, 1.807) is 18.2 Å². The number of hydrogen-bond donors (Lipinski definition) is 0. The number of likely N-dealkylation sites (tertiary alicyclic amines) is 1. The highest BCUT2D eigenvalue weighted by Gasteiger charge is 2.30. The van der Waals surface area contributed by atoms with Crippen LogP contribution >= 0.6 is 23.2 Å². The van der Waals surface area contributed by atoms with Crippen LogP contribution in [0.5, 0.6) is 0 Å². The van der Waals surface area contributed by atoms with Crippen LogP contribution in [-0.2, 0) is 11.2 Å². The molecule has 1 saturated heterocycles. The van der Waals surface area contributed by atoms with E-state index in [1.165, 1.54) is 18.6 Å². The number of carbonyl (C=O) groups is 1. The van der Waals surface area contributed by atoms with E-state index < -0.39 is 0 Å². The molecule has 3 rings (SSSR count). The van der Waals surface area contributed by atoms with Gasteiger partial charge in [-0.1, -0.05) is 56.5 Å². The Labute approximate surface area is 202 Å². The fourth-order valence-corrected chi connectivity index (χ4v) is 3.88. The van der Waals surface area contributed by atoms with E-state index in [-0.39, 0.29) is 5.82 Å². The lowest BCUT2D eigenvalue weighted by Gasteiger charge is -2.17. The molecule has 0 aliphatic carbocycles. The zero-order valence-electron chi connectivity index (χ0n) is 19.6. The molecule has 6 heteroatoms. The SMILES string of the molecule is CCC(C)C1CC(=O)N(CC)C1.CCc1cc(F)ccc1Cl.Cc1ccc(C#N)c(Cl)c1. The Hall–Kier alpha value is -2.09. The van der Waals surface area contributed by atoms with Crippen LogP contribution in [0.1, 0.15) is 57.2 Å². The van der Waals surface area contributed by atoms with Gasteiger partial charge >= 0.3 is 0 Å². The molecule has 1 aliphatic rings. The predicted octanol–water partition coefficient (Wildman–Crippen LogP) is 7.46. The summed E-state index contributed by atoms with van der Waals surface area (Å²) in [6, 6.07) is 11.8. The molecule has 32 heavy (non-hydrogen) atoms. The number of benzene rings is 2. The van der Waals surface area contributed by atoms with Crippen LogP contribution in [0.2, 0.25) is 10.0 Å². The molecule has 1 aliphatic heterocycles. The van der Waals surface area contributed by atoms with Crippen molar-refractivity contribution in [3.05, 3.63) is 69.0 Å². The van der Waals surface area contributed by atoms with Crippen molar-refractivity contribution in [2.24, 2.45) is 11.8 Å². The number of amides is 1. The van der Waals surface area contributed by atoms with Gasteiger partial charge in [0.05, 0.1) is 10.6 Å². The molecule has 2 aromatic carbocycles. The van der Waals surface area contributed by atoms with Gasteiger partial charge < -0.3 is 4.90 Å². The zero-order valence-corrected chi connectivity index (χ0v) is 21.1. The van der Waals surface area contributed by atoms with Crippen LogP contribution in [-0.4, -0.2) is 23.9 Å². The monoisotopic (exact) mass is 478 g/mol. The van der Waals surface area contributed by atoms with E-state index in [0.29, 0.717) is 33.4 Å². The molecule has 0 aromatic heterocycles. The van der Waals surface area contributed by atoms with Crippen LogP contribution in [0.15, 0.2) is 36.4 Å². The van der Waals surface area contributed by atoms with E-state index in [0.717, 1.165) is 37.1 Å². The van der Waals surface area contributed by atoms with Crippen molar-refractivity contribution in [3.8, 4) is 6.07 Å². The molecular weight excluding hydrogens is 446 g/mol. The second-order valence-corrected chi connectivity index (χ2v) is 8.78. The Morgan fingerprint density at radius 2 is 1.84 bits per heavy atom. The Morgan fingerprint density at radius 1 is 1.16 bits per heavy atom. The van der Waals surface area contributed by atoms with Crippen molar-refractivity contribution >= 4 is 29.1 Å². The molecule has 0 spiro atoms. The van der Waals surface area contributed by atoms with Gasteiger partial charge in [0, 0.05) is 24.5 Å². The summed E-state index contributed by atoms with van der Waals surface area (Å²) in [6.45, 7) is 12.3. The van der Waals surface area contributed by atoms with Crippen molar-refractivity contribution in [2.45, 2.75) is 53.9 Å². The molecule has 0 radical (unpaired) electrons. The summed E-state index contributed by atoms with van der Waals surface area (Å²) in [5.74, 6) is 1.44. The molecule has 0 saturated carbocycles. The summed E-state index contributed by atoms with van der Waals surface area (Å²) >= 11 is 11.4. The highest BCUT2D eigenvalue weighted by Crippen LogP contribution is 2.26. The maximum absolute atomic E-state index is 12.5. The molecule has 1 heterocycles. The van der Waals surface area contributed by atoms with Crippen molar-refractivity contribution in [1.82, 2.24) is 4.90 Å². The minimum Gasteiger partial charge on any atom is -0.343 e. The molecule has 0 bridgehead atoms. The van der Waals surface area contributed by atoms with Crippen LogP contribution in [0.4, 0.5) is 4.39 Å². The normalized spacial score (nSPS) is 15.8. The third-order valence-corrected chi connectivity index (χ3v) is 6.39. The highest BCUT2D eigenvalue weighted by atomic mass is 35.5. The van der Waals surface area contributed by atoms with Crippen molar-refractivity contribution in [2.75, 3.05) is 13.1 Å². The van der Waals surface area contributed by atoms with Crippen molar-refractivity contribution in [1.29, 1.82) is 5.26 Å². The van der Waals surface area contributed by atoms with Gasteiger partial charge in [-0.2, -0.15) is 5.26 Å². The second-order valence-electron chi connectivity index (χ2n) is 7.97. The molecule has 2 unspecified atom stereocenters. The first-order valence-corrected chi connectivity index (χ1v) is 11.8. The average Bonchev–Trinajstić information content (AvgIpc) is 3.16. The molecular formula is C26H33Cl2FN2O.